The van der Waals surface area contributed by atoms with E-state index in [9.17, 15) is 9.90 Å². The quantitative estimate of drug-likeness (QED) is 0.0433. The molecule has 6 nitrogen and oxygen atoms in total. The lowest BCUT2D eigenvalue weighted by molar-refractivity contribution is 0.0693. The summed E-state index contributed by atoms with van der Waals surface area (Å²) in [5.74, 6) is 0.430. The Morgan fingerprint density at radius 1 is 0.935 bits per heavy atom. The van der Waals surface area contributed by atoms with Gasteiger partial charge in [-0.25, -0.2) is 4.79 Å². The molecule has 0 atom stereocenters. The van der Waals surface area contributed by atoms with E-state index in [0.29, 0.717) is 17.1 Å². The van der Waals surface area contributed by atoms with Crippen LogP contribution in [0.5, 0.6) is 5.75 Å². The number of aromatic carboxylic acids is 1. The normalized spacial score (nSPS) is 12.2. The molecule has 0 aliphatic heterocycles. The average Bonchev–Trinajstić information content (AvgIpc) is 3.03. The standard InChI is InChI=1S/C39H56N2O4S/c1-8-41(9-2)26-11-10-25-40-45-27-23-33-21-22-34(37(29-33)44-7)35-19-14-20-36(39(42)43)38(35)46-28-24-32(6)18-13-17-31(5)16-12-15-30(3)4/h14-15,17,19-24,27,29,40H,8-13,16,18,25-26,28H2,1-7H3,(H,42,43)/b27-23+,31-17?,32-24?. The zero-order chi connectivity index (χ0) is 33.7. The molecule has 0 fully saturated rings. The molecule has 0 saturated heterocycles. The number of thioether (sulfide) groups is 1. The van der Waals surface area contributed by atoms with Crippen molar-refractivity contribution in [3.8, 4) is 16.9 Å². The number of hydroxylamine groups is 1. The highest BCUT2D eigenvalue weighted by Crippen LogP contribution is 2.39. The van der Waals surface area contributed by atoms with Crippen LogP contribution in [0.2, 0.25) is 0 Å². The van der Waals surface area contributed by atoms with Gasteiger partial charge in [0.15, 0.2) is 0 Å². The number of nitrogens with one attached hydrogen (secondary N) is 1. The first-order valence-electron chi connectivity index (χ1n) is 16.6. The number of nitrogens with zero attached hydrogens (tertiary/aromatic N) is 1. The van der Waals surface area contributed by atoms with E-state index in [1.54, 1.807) is 37.3 Å². The molecule has 2 N–H and O–H groups in total. The third kappa shape index (κ3) is 14.4. The second kappa shape index (κ2) is 22.3. The number of unbranched alkanes of at least 4 members (excludes halogenated alkanes) is 1. The fraction of sp³-hybridized carbons (Fsp3) is 0.462. The summed E-state index contributed by atoms with van der Waals surface area (Å²) < 4.78 is 5.78. The van der Waals surface area contributed by atoms with Crippen LogP contribution >= 0.6 is 11.8 Å². The number of rotatable bonds is 22. The molecule has 0 unspecified atom stereocenters. The van der Waals surface area contributed by atoms with Gasteiger partial charge in [0, 0.05) is 22.8 Å². The highest BCUT2D eigenvalue weighted by molar-refractivity contribution is 7.99. The first kappa shape index (κ1) is 38.9. The van der Waals surface area contributed by atoms with Crippen LogP contribution in [0.3, 0.4) is 0 Å². The first-order valence-corrected chi connectivity index (χ1v) is 17.6. The third-order valence-corrected chi connectivity index (χ3v) is 8.91. The number of benzene rings is 2. The van der Waals surface area contributed by atoms with E-state index < -0.39 is 5.97 Å². The number of hydrogen-bond donors (Lipinski definition) is 2. The Morgan fingerprint density at radius 3 is 2.33 bits per heavy atom. The number of allylic oxidation sites excluding steroid dienone is 5. The van der Waals surface area contributed by atoms with Crippen LogP contribution in [0.15, 0.2) is 82.5 Å². The summed E-state index contributed by atoms with van der Waals surface area (Å²) in [6.07, 6.45) is 16.7. The summed E-state index contributed by atoms with van der Waals surface area (Å²) >= 11 is 1.55. The average molecular weight is 649 g/mol. The monoisotopic (exact) mass is 648 g/mol. The van der Waals surface area contributed by atoms with Crippen LogP contribution in [0.25, 0.3) is 17.2 Å². The molecule has 0 bridgehead atoms. The lowest BCUT2D eigenvalue weighted by Crippen LogP contribution is -2.24. The zero-order valence-corrected chi connectivity index (χ0v) is 30.0. The summed E-state index contributed by atoms with van der Waals surface area (Å²) in [6.45, 7) is 17.1. The fourth-order valence-corrected chi connectivity index (χ4v) is 6.18. The van der Waals surface area contributed by atoms with Gasteiger partial charge >= 0.3 is 5.97 Å². The molecule has 2 aromatic carbocycles. The Balaban J connectivity index is 2.05. The van der Waals surface area contributed by atoms with Crippen LogP contribution in [-0.2, 0) is 4.84 Å². The van der Waals surface area contributed by atoms with Crippen molar-refractivity contribution in [2.24, 2.45) is 0 Å². The molecule has 0 saturated carbocycles. The van der Waals surface area contributed by atoms with Crippen molar-refractivity contribution < 1.29 is 19.5 Å². The maximum absolute atomic E-state index is 12.2. The molecule has 0 spiro atoms. The minimum absolute atomic E-state index is 0.297. The Labute approximate surface area is 282 Å². The van der Waals surface area contributed by atoms with E-state index >= 15 is 0 Å². The SMILES string of the molecule is CCN(CC)CCCCNO/C=C/c1ccc(-c2cccc(C(=O)O)c2SCC=C(C)CCC=C(C)CCC=C(C)C)c(OC)c1. The number of hydrogen-bond acceptors (Lipinski definition) is 6. The number of carboxylic acids is 1. The maximum atomic E-state index is 12.2. The van der Waals surface area contributed by atoms with Gasteiger partial charge in [-0.3, -0.25) is 0 Å². The molecule has 7 heteroatoms. The zero-order valence-electron chi connectivity index (χ0n) is 29.2. The second-order valence-corrected chi connectivity index (χ2v) is 12.8. The Kier molecular flexibility index (Phi) is 18.9. The fourth-order valence-electron chi connectivity index (χ4n) is 5.01. The Bertz CT molecular complexity index is 1340. The van der Waals surface area contributed by atoms with Gasteiger partial charge in [-0.2, -0.15) is 5.48 Å². The number of ether oxygens (including phenoxy) is 1. The molecule has 0 aliphatic carbocycles. The molecule has 0 aliphatic rings. The third-order valence-electron chi connectivity index (χ3n) is 7.85. The highest BCUT2D eigenvalue weighted by Gasteiger charge is 2.18. The van der Waals surface area contributed by atoms with E-state index in [4.69, 9.17) is 9.57 Å². The van der Waals surface area contributed by atoms with E-state index in [2.05, 4.69) is 70.2 Å². The molecule has 46 heavy (non-hydrogen) atoms. The summed E-state index contributed by atoms with van der Waals surface area (Å²) in [4.78, 5) is 20.9. The molecular formula is C39H56N2O4S. The number of carboxylic acid groups (broad SMARTS) is 1. The van der Waals surface area contributed by atoms with Crippen molar-refractivity contribution in [3.05, 3.63) is 88.7 Å². The van der Waals surface area contributed by atoms with Gasteiger partial charge in [-0.1, -0.05) is 73.1 Å². The molecule has 2 aromatic rings. The van der Waals surface area contributed by atoms with Gasteiger partial charge in [0.05, 0.1) is 12.7 Å². The maximum Gasteiger partial charge on any atom is 0.336 e. The van der Waals surface area contributed by atoms with Crippen molar-refractivity contribution in [1.82, 2.24) is 10.4 Å². The minimum atomic E-state index is -0.935. The molecule has 0 heterocycles. The van der Waals surface area contributed by atoms with Crippen LogP contribution in [0, 0.1) is 0 Å². The van der Waals surface area contributed by atoms with Crippen molar-refractivity contribution in [1.29, 1.82) is 0 Å². The van der Waals surface area contributed by atoms with E-state index in [-0.39, 0.29) is 0 Å². The van der Waals surface area contributed by atoms with Crippen molar-refractivity contribution in [3.63, 3.8) is 0 Å². The molecule has 0 radical (unpaired) electrons. The predicted molar refractivity (Wildman–Crippen MR) is 197 cm³/mol. The lowest BCUT2D eigenvalue weighted by atomic mass is 10.00. The van der Waals surface area contributed by atoms with Gasteiger partial charge in [0.25, 0.3) is 0 Å². The number of methoxy groups -OCH3 is 1. The second-order valence-electron chi connectivity index (χ2n) is 11.8. The van der Waals surface area contributed by atoms with Gasteiger partial charge in [-0.05, 0) is 115 Å². The van der Waals surface area contributed by atoms with Gasteiger partial charge in [-0.15, -0.1) is 11.8 Å². The predicted octanol–water partition coefficient (Wildman–Crippen LogP) is 10.2. The topological polar surface area (TPSA) is 71.0 Å². The van der Waals surface area contributed by atoms with Crippen LogP contribution in [0.4, 0.5) is 0 Å². The van der Waals surface area contributed by atoms with Crippen LogP contribution in [0.1, 0.15) is 96.0 Å². The summed E-state index contributed by atoms with van der Waals surface area (Å²) in [6, 6.07) is 11.4. The summed E-state index contributed by atoms with van der Waals surface area (Å²) in [5, 5.41) is 10.0. The molecule has 0 amide bonds. The molecular weight excluding hydrogens is 593 g/mol. The van der Waals surface area contributed by atoms with E-state index in [1.165, 1.54) is 16.7 Å². The molecule has 0 aromatic heterocycles. The van der Waals surface area contributed by atoms with Gasteiger partial charge in [0.2, 0.25) is 0 Å². The summed E-state index contributed by atoms with van der Waals surface area (Å²) in [5.41, 5.74) is 10.0. The summed E-state index contributed by atoms with van der Waals surface area (Å²) in [7, 11) is 1.64. The lowest BCUT2D eigenvalue weighted by Gasteiger charge is -2.17. The van der Waals surface area contributed by atoms with E-state index in [1.807, 2.05) is 30.3 Å². The van der Waals surface area contributed by atoms with Gasteiger partial charge in [0.1, 0.15) is 12.0 Å². The number of carbonyl (C=O) groups is 1. The minimum Gasteiger partial charge on any atom is -0.496 e. The Hall–Kier alpha value is -3.26. The van der Waals surface area contributed by atoms with E-state index in [0.717, 1.165) is 86.3 Å². The van der Waals surface area contributed by atoms with Crippen LogP contribution < -0.4 is 10.2 Å². The molecule has 252 valence electrons. The Morgan fingerprint density at radius 2 is 1.65 bits per heavy atom. The van der Waals surface area contributed by atoms with Crippen molar-refractivity contribution in [2.45, 2.75) is 85.0 Å². The van der Waals surface area contributed by atoms with Crippen LogP contribution in [-0.4, -0.2) is 55.0 Å². The van der Waals surface area contributed by atoms with Gasteiger partial charge < -0.3 is 19.6 Å². The largest absolute Gasteiger partial charge is 0.496 e. The van der Waals surface area contributed by atoms with Crippen molar-refractivity contribution in [2.75, 3.05) is 39.0 Å². The smallest absolute Gasteiger partial charge is 0.336 e. The molecule has 2 rings (SSSR count). The first-order chi connectivity index (χ1) is 22.2. The highest BCUT2D eigenvalue weighted by atomic mass is 32.2. The van der Waals surface area contributed by atoms with Crippen molar-refractivity contribution >= 4 is 23.8 Å².